The van der Waals surface area contributed by atoms with Gasteiger partial charge in [0.25, 0.3) is 0 Å². The van der Waals surface area contributed by atoms with Crippen LogP contribution in [0.2, 0.25) is 0 Å². The van der Waals surface area contributed by atoms with Crippen molar-refractivity contribution in [1.82, 2.24) is 0 Å². The number of carbonyl (C=O) groups is 1. The first kappa shape index (κ1) is 10.2. The lowest BCUT2D eigenvalue weighted by Gasteiger charge is -2.03. The second-order valence-electron chi connectivity index (χ2n) is 2.97. The monoisotopic (exact) mass is 191 g/mol. The first-order valence-corrected chi connectivity index (χ1v) is 4.26. The molecule has 1 aromatic carbocycles. The van der Waals surface area contributed by atoms with Crippen LogP contribution in [0.3, 0.4) is 0 Å². The molecular weight excluding hydrogens is 178 g/mol. The minimum atomic E-state index is -0.0815. The number of nitrogens with one attached hydrogen (secondary N) is 1. The van der Waals surface area contributed by atoms with Crippen molar-refractivity contribution in [2.75, 3.05) is 5.32 Å². The van der Waals surface area contributed by atoms with Gasteiger partial charge < -0.3 is 11.2 Å². The van der Waals surface area contributed by atoms with Gasteiger partial charge in [-0.15, -0.1) is 0 Å². The lowest BCUT2D eigenvalue weighted by Crippen LogP contribution is -2.06. The summed E-state index contributed by atoms with van der Waals surface area (Å²) in [7, 11) is 0. The molecule has 0 radical (unpaired) electrons. The number of amides is 1. The molecular formula is C10H13N3O. The van der Waals surface area contributed by atoms with Gasteiger partial charge in [0, 0.05) is 12.6 Å². The van der Waals surface area contributed by atoms with Crippen LogP contribution in [0, 0.1) is 0 Å². The van der Waals surface area contributed by atoms with Crippen LogP contribution in [-0.2, 0) is 4.79 Å². The smallest absolute Gasteiger partial charge is 0.221 e. The summed E-state index contributed by atoms with van der Waals surface area (Å²) < 4.78 is 0. The Hall–Kier alpha value is -1.84. The zero-order valence-corrected chi connectivity index (χ0v) is 8.24. The van der Waals surface area contributed by atoms with E-state index in [1.807, 2.05) is 31.2 Å². The van der Waals surface area contributed by atoms with Crippen molar-refractivity contribution < 1.29 is 4.79 Å². The Balaban J connectivity index is 2.83. The molecule has 3 N–H and O–H groups in total. The molecule has 74 valence electrons. The average molecular weight is 191 g/mol. The van der Waals surface area contributed by atoms with Crippen molar-refractivity contribution in [3.8, 4) is 0 Å². The number of hydrogen-bond donors (Lipinski definition) is 2. The molecule has 1 amide bonds. The summed E-state index contributed by atoms with van der Waals surface area (Å²) in [5.41, 5.74) is 2.48. The molecule has 1 aromatic rings. The van der Waals surface area contributed by atoms with Crippen molar-refractivity contribution >= 4 is 17.3 Å². The van der Waals surface area contributed by atoms with Crippen LogP contribution in [0.25, 0.3) is 0 Å². The fourth-order valence-electron chi connectivity index (χ4n) is 1.07. The predicted octanol–water partition coefficient (Wildman–Crippen LogP) is 1.33. The van der Waals surface area contributed by atoms with E-state index < -0.39 is 0 Å². The summed E-state index contributed by atoms with van der Waals surface area (Å²) in [4.78, 5) is 10.7. The normalized spacial score (nSPS) is 11.1. The van der Waals surface area contributed by atoms with Crippen molar-refractivity contribution in [1.29, 1.82) is 0 Å². The van der Waals surface area contributed by atoms with Gasteiger partial charge in [-0.1, -0.05) is 12.1 Å². The van der Waals surface area contributed by atoms with E-state index in [1.165, 1.54) is 6.92 Å². The maximum atomic E-state index is 10.7. The average Bonchev–Trinajstić information content (AvgIpc) is 2.17. The minimum Gasteiger partial charge on any atom is -0.326 e. The van der Waals surface area contributed by atoms with Gasteiger partial charge in [-0.2, -0.15) is 5.10 Å². The largest absolute Gasteiger partial charge is 0.326 e. The highest BCUT2D eigenvalue weighted by Crippen LogP contribution is 2.09. The number of hydrazone groups is 1. The molecule has 0 aliphatic carbocycles. The first-order valence-electron chi connectivity index (χ1n) is 4.26. The SMILES string of the molecule is CC(=O)Nc1ccc(C(C)=NN)cc1. The molecule has 14 heavy (non-hydrogen) atoms. The third-order valence-corrected chi connectivity index (χ3v) is 1.82. The number of nitrogens with zero attached hydrogens (tertiary/aromatic N) is 1. The first-order chi connectivity index (χ1) is 6.63. The summed E-state index contributed by atoms with van der Waals surface area (Å²) in [5, 5.41) is 6.26. The molecule has 0 fully saturated rings. The van der Waals surface area contributed by atoms with Crippen molar-refractivity contribution in [3.05, 3.63) is 29.8 Å². The lowest BCUT2D eigenvalue weighted by atomic mass is 10.1. The Bertz CT molecular complexity index is 354. The van der Waals surface area contributed by atoms with Crippen LogP contribution in [0.15, 0.2) is 29.4 Å². The van der Waals surface area contributed by atoms with E-state index in [9.17, 15) is 4.79 Å². The van der Waals surface area contributed by atoms with E-state index in [1.54, 1.807) is 0 Å². The molecule has 0 heterocycles. The number of carbonyl (C=O) groups excluding carboxylic acids is 1. The van der Waals surface area contributed by atoms with Gasteiger partial charge >= 0.3 is 0 Å². The summed E-state index contributed by atoms with van der Waals surface area (Å²) in [6, 6.07) is 7.34. The molecule has 0 unspecified atom stereocenters. The predicted molar refractivity (Wildman–Crippen MR) is 57.1 cm³/mol. The molecule has 0 saturated carbocycles. The van der Waals surface area contributed by atoms with Gasteiger partial charge in [0.15, 0.2) is 0 Å². The van der Waals surface area contributed by atoms with Crippen LogP contribution in [0.4, 0.5) is 5.69 Å². The minimum absolute atomic E-state index is 0.0815. The highest BCUT2D eigenvalue weighted by atomic mass is 16.1. The number of nitrogens with two attached hydrogens (primary N) is 1. The van der Waals surface area contributed by atoms with Crippen LogP contribution in [-0.4, -0.2) is 11.6 Å². The molecule has 0 atom stereocenters. The molecule has 0 aliphatic heterocycles. The third-order valence-electron chi connectivity index (χ3n) is 1.82. The third kappa shape index (κ3) is 2.58. The molecule has 0 saturated heterocycles. The van der Waals surface area contributed by atoms with Crippen LogP contribution < -0.4 is 11.2 Å². The quantitative estimate of drug-likeness (QED) is 0.420. The Morgan fingerprint density at radius 3 is 2.29 bits per heavy atom. The Kier molecular flexibility index (Phi) is 3.23. The second-order valence-corrected chi connectivity index (χ2v) is 2.97. The fraction of sp³-hybridized carbons (Fsp3) is 0.200. The van der Waals surface area contributed by atoms with E-state index in [0.29, 0.717) is 0 Å². The van der Waals surface area contributed by atoms with Gasteiger partial charge in [-0.05, 0) is 24.6 Å². The number of rotatable bonds is 2. The molecule has 4 nitrogen and oxygen atoms in total. The molecule has 0 bridgehead atoms. The number of benzene rings is 1. The fourth-order valence-corrected chi connectivity index (χ4v) is 1.07. The Labute approximate surface area is 82.8 Å². The highest BCUT2D eigenvalue weighted by molar-refractivity contribution is 5.99. The van der Waals surface area contributed by atoms with Gasteiger partial charge in [0.1, 0.15) is 0 Å². The Morgan fingerprint density at radius 2 is 1.86 bits per heavy atom. The maximum Gasteiger partial charge on any atom is 0.221 e. The highest BCUT2D eigenvalue weighted by Gasteiger charge is 1.98. The molecule has 0 aliphatic rings. The lowest BCUT2D eigenvalue weighted by molar-refractivity contribution is -0.114. The second kappa shape index (κ2) is 4.41. The summed E-state index contributed by atoms with van der Waals surface area (Å²) in [6.45, 7) is 3.30. The van der Waals surface area contributed by atoms with Crippen LogP contribution >= 0.6 is 0 Å². The van der Waals surface area contributed by atoms with Gasteiger partial charge in [0.2, 0.25) is 5.91 Å². The summed E-state index contributed by atoms with van der Waals surface area (Å²) in [5.74, 6) is 5.06. The zero-order valence-electron chi connectivity index (χ0n) is 8.24. The van der Waals surface area contributed by atoms with Crippen molar-refractivity contribution in [2.24, 2.45) is 10.9 Å². The van der Waals surface area contributed by atoms with Crippen molar-refractivity contribution in [3.63, 3.8) is 0 Å². The standard InChI is InChI=1S/C10H13N3O/c1-7(13-11)9-3-5-10(6-4-9)12-8(2)14/h3-6H,11H2,1-2H3,(H,12,14). The number of hydrogen-bond acceptors (Lipinski definition) is 3. The molecule has 0 spiro atoms. The van der Waals surface area contributed by atoms with E-state index in [2.05, 4.69) is 10.4 Å². The summed E-state index contributed by atoms with van der Waals surface area (Å²) >= 11 is 0. The molecule has 4 heteroatoms. The zero-order chi connectivity index (χ0) is 10.6. The van der Waals surface area contributed by atoms with Gasteiger partial charge in [-0.3, -0.25) is 4.79 Å². The van der Waals surface area contributed by atoms with Crippen LogP contribution in [0.1, 0.15) is 19.4 Å². The number of anilines is 1. The van der Waals surface area contributed by atoms with Crippen molar-refractivity contribution in [2.45, 2.75) is 13.8 Å². The maximum absolute atomic E-state index is 10.7. The summed E-state index contributed by atoms with van der Waals surface area (Å²) in [6.07, 6.45) is 0. The van der Waals surface area contributed by atoms with E-state index in [0.717, 1.165) is 17.0 Å². The van der Waals surface area contributed by atoms with Gasteiger partial charge in [-0.25, -0.2) is 0 Å². The molecule has 0 aromatic heterocycles. The topological polar surface area (TPSA) is 67.5 Å². The van der Waals surface area contributed by atoms with E-state index in [4.69, 9.17) is 5.84 Å². The van der Waals surface area contributed by atoms with Gasteiger partial charge in [0.05, 0.1) is 5.71 Å². The van der Waals surface area contributed by atoms with E-state index in [-0.39, 0.29) is 5.91 Å². The molecule has 1 rings (SSSR count). The Morgan fingerprint density at radius 1 is 1.29 bits per heavy atom. The van der Waals surface area contributed by atoms with E-state index >= 15 is 0 Å². The van der Waals surface area contributed by atoms with Crippen LogP contribution in [0.5, 0.6) is 0 Å².